The zero-order valence-electron chi connectivity index (χ0n) is 13.5. The third-order valence-electron chi connectivity index (χ3n) is 4.55. The predicted octanol–water partition coefficient (Wildman–Crippen LogP) is 3.67. The number of carbonyl (C=O) groups excluding carboxylic acids is 1. The molecule has 1 aliphatic heterocycles. The van der Waals surface area contributed by atoms with Crippen molar-refractivity contribution in [3.05, 3.63) is 28.3 Å². The van der Waals surface area contributed by atoms with Gasteiger partial charge in [0.1, 0.15) is 11.6 Å². The van der Waals surface area contributed by atoms with E-state index in [-0.39, 0.29) is 24.3 Å². The Balaban J connectivity index is 1.78. The van der Waals surface area contributed by atoms with Crippen molar-refractivity contribution < 1.29 is 14.3 Å². The highest BCUT2D eigenvalue weighted by atomic mass is 35.5. The number of carbonyl (C=O) groups is 1. The molecule has 0 spiro atoms. The quantitative estimate of drug-likeness (QED) is 0.669. The van der Waals surface area contributed by atoms with E-state index in [4.69, 9.17) is 21.1 Å². The van der Waals surface area contributed by atoms with E-state index in [2.05, 4.69) is 12.2 Å². The van der Waals surface area contributed by atoms with E-state index in [1.807, 2.05) is 6.07 Å². The molecule has 1 saturated carbocycles. The van der Waals surface area contributed by atoms with E-state index in [0.717, 1.165) is 19.3 Å². The van der Waals surface area contributed by atoms with Crippen molar-refractivity contribution in [2.24, 2.45) is 5.92 Å². The number of benzene rings is 1. The fourth-order valence-electron chi connectivity index (χ4n) is 3.16. The monoisotopic (exact) mass is 346 g/mol. The molecule has 1 N–H and O–H groups in total. The van der Waals surface area contributed by atoms with Gasteiger partial charge in [-0.15, -0.1) is 0 Å². The van der Waals surface area contributed by atoms with Crippen molar-refractivity contribution in [3.8, 4) is 17.6 Å². The van der Waals surface area contributed by atoms with Crippen LogP contribution in [0.25, 0.3) is 6.08 Å². The van der Waals surface area contributed by atoms with E-state index in [0.29, 0.717) is 28.0 Å². The normalized spacial score (nSPS) is 22.8. The number of hydrogen-bond acceptors (Lipinski definition) is 4. The molecule has 1 aromatic carbocycles. The molecule has 1 fully saturated rings. The standard InChI is InChI=1S/C18H19ClN2O3/c1-11-4-2-3-5-15(11)21-18(22)13(9-20)6-12-7-14(19)17-16(8-12)23-10-24-17/h6-8,11,15H,2-5,10H2,1H3,(H,21,22)/b13-6+/t11-,15-/m0/s1. The number of amides is 1. The number of nitriles is 1. The molecule has 5 nitrogen and oxygen atoms in total. The summed E-state index contributed by atoms with van der Waals surface area (Å²) in [5.41, 5.74) is 0.690. The van der Waals surface area contributed by atoms with Crippen molar-refractivity contribution in [1.82, 2.24) is 5.32 Å². The fourth-order valence-corrected chi connectivity index (χ4v) is 3.44. The number of hydrogen-bond donors (Lipinski definition) is 1. The Labute approximate surface area is 146 Å². The maximum Gasteiger partial charge on any atom is 0.262 e. The van der Waals surface area contributed by atoms with Gasteiger partial charge < -0.3 is 14.8 Å². The first-order valence-electron chi connectivity index (χ1n) is 8.10. The molecule has 2 atom stereocenters. The lowest BCUT2D eigenvalue weighted by molar-refractivity contribution is -0.118. The second kappa shape index (κ2) is 7.14. The Kier molecular flexibility index (Phi) is 4.96. The molecular weight excluding hydrogens is 328 g/mol. The molecular formula is C18H19ClN2O3. The summed E-state index contributed by atoms with van der Waals surface area (Å²) < 4.78 is 10.6. The zero-order valence-corrected chi connectivity index (χ0v) is 14.2. The van der Waals surface area contributed by atoms with Crippen LogP contribution in [-0.4, -0.2) is 18.7 Å². The second-order valence-corrected chi connectivity index (χ2v) is 6.66. The largest absolute Gasteiger partial charge is 0.454 e. The van der Waals surface area contributed by atoms with E-state index in [9.17, 15) is 10.1 Å². The molecule has 0 bridgehead atoms. The maximum absolute atomic E-state index is 12.4. The molecule has 1 heterocycles. The van der Waals surface area contributed by atoms with E-state index >= 15 is 0 Å². The smallest absolute Gasteiger partial charge is 0.262 e. The van der Waals surface area contributed by atoms with Crippen LogP contribution in [0.1, 0.15) is 38.2 Å². The minimum Gasteiger partial charge on any atom is -0.454 e. The minimum absolute atomic E-state index is 0.0581. The van der Waals surface area contributed by atoms with Crippen molar-refractivity contribution in [3.63, 3.8) is 0 Å². The van der Waals surface area contributed by atoms with Crippen LogP contribution in [0.5, 0.6) is 11.5 Å². The lowest BCUT2D eigenvalue weighted by Gasteiger charge is -2.29. The molecule has 6 heteroatoms. The van der Waals surface area contributed by atoms with Gasteiger partial charge in [-0.2, -0.15) is 5.26 Å². The van der Waals surface area contributed by atoms with Crippen LogP contribution in [-0.2, 0) is 4.79 Å². The van der Waals surface area contributed by atoms with Crippen LogP contribution in [0, 0.1) is 17.2 Å². The van der Waals surface area contributed by atoms with Gasteiger partial charge in [0, 0.05) is 6.04 Å². The van der Waals surface area contributed by atoms with Gasteiger partial charge in [0.2, 0.25) is 6.79 Å². The summed E-state index contributed by atoms with van der Waals surface area (Å²) in [6.45, 7) is 2.25. The molecule has 126 valence electrons. The Bertz CT molecular complexity index is 724. The maximum atomic E-state index is 12.4. The summed E-state index contributed by atoms with van der Waals surface area (Å²) in [6, 6.07) is 5.47. The number of ether oxygens (including phenoxy) is 2. The average molecular weight is 347 g/mol. The Hall–Kier alpha value is -2.19. The van der Waals surface area contributed by atoms with Crippen LogP contribution in [0.4, 0.5) is 0 Å². The van der Waals surface area contributed by atoms with Gasteiger partial charge in [-0.1, -0.05) is 31.4 Å². The molecule has 1 aliphatic carbocycles. The van der Waals surface area contributed by atoms with Gasteiger partial charge in [-0.25, -0.2) is 0 Å². The highest BCUT2D eigenvalue weighted by Gasteiger charge is 2.24. The van der Waals surface area contributed by atoms with Crippen LogP contribution in [0.3, 0.4) is 0 Å². The summed E-state index contributed by atoms with van der Waals surface area (Å²) in [7, 11) is 0. The van der Waals surface area contributed by atoms with Crippen molar-refractivity contribution in [2.45, 2.75) is 38.6 Å². The van der Waals surface area contributed by atoms with Gasteiger partial charge in [-0.05, 0) is 42.5 Å². The van der Waals surface area contributed by atoms with Crippen LogP contribution < -0.4 is 14.8 Å². The van der Waals surface area contributed by atoms with Crippen molar-refractivity contribution >= 4 is 23.6 Å². The van der Waals surface area contributed by atoms with Crippen LogP contribution in [0.15, 0.2) is 17.7 Å². The molecule has 0 radical (unpaired) electrons. The summed E-state index contributed by atoms with van der Waals surface area (Å²) in [5, 5.41) is 12.7. The average Bonchev–Trinajstić information content (AvgIpc) is 3.03. The first-order valence-corrected chi connectivity index (χ1v) is 8.48. The molecule has 2 aliphatic rings. The molecule has 1 amide bonds. The Morgan fingerprint density at radius 3 is 2.92 bits per heavy atom. The summed E-state index contributed by atoms with van der Waals surface area (Å²) in [6.07, 6.45) is 5.90. The number of halogens is 1. The van der Waals surface area contributed by atoms with Gasteiger partial charge in [0.15, 0.2) is 11.5 Å². The first-order chi connectivity index (χ1) is 11.6. The molecule has 0 unspecified atom stereocenters. The van der Waals surface area contributed by atoms with Gasteiger partial charge >= 0.3 is 0 Å². The second-order valence-electron chi connectivity index (χ2n) is 6.25. The zero-order chi connectivity index (χ0) is 17.1. The van der Waals surface area contributed by atoms with Gasteiger partial charge in [0.05, 0.1) is 5.02 Å². The van der Waals surface area contributed by atoms with E-state index in [1.54, 1.807) is 12.1 Å². The predicted molar refractivity (Wildman–Crippen MR) is 90.7 cm³/mol. The van der Waals surface area contributed by atoms with E-state index in [1.165, 1.54) is 12.5 Å². The number of nitrogens with zero attached hydrogens (tertiary/aromatic N) is 1. The number of fused-ring (bicyclic) bond motifs is 1. The Morgan fingerprint density at radius 1 is 1.38 bits per heavy atom. The molecule has 3 rings (SSSR count). The van der Waals surface area contributed by atoms with Crippen LogP contribution in [0.2, 0.25) is 5.02 Å². The SMILES string of the molecule is C[C@H]1CCCC[C@@H]1NC(=O)/C(C#N)=C/c1cc(Cl)c2c(c1)OCO2. The molecule has 0 saturated heterocycles. The molecule has 24 heavy (non-hydrogen) atoms. The summed E-state index contributed by atoms with van der Waals surface area (Å²) >= 11 is 6.14. The third-order valence-corrected chi connectivity index (χ3v) is 4.83. The van der Waals surface area contributed by atoms with E-state index < -0.39 is 0 Å². The Morgan fingerprint density at radius 2 is 2.17 bits per heavy atom. The molecule has 1 aromatic rings. The van der Waals surface area contributed by atoms with Crippen molar-refractivity contribution in [1.29, 1.82) is 5.26 Å². The lowest BCUT2D eigenvalue weighted by Crippen LogP contribution is -2.41. The van der Waals surface area contributed by atoms with Crippen LogP contribution >= 0.6 is 11.6 Å². The number of rotatable bonds is 3. The van der Waals surface area contributed by atoms with Gasteiger partial charge in [0.25, 0.3) is 5.91 Å². The summed E-state index contributed by atoms with van der Waals surface area (Å²) in [5.74, 6) is 1.10. The highest BCUT2D eigenvalue weighted by Crippen LogP contribution is 2.40. The highest BCUT2D eigenvalue weighted by molar-refractivity contribution is 6.32. The lowest BCUT2D eigenvalue weighted by atomic mass is 9.86. The third kappa shape index (κ3) is 3.49. The fraction of sp³-hybridized carbons (Fsp3) is 0.444. The minimum atomic E-state index is -0.343. The number of nitrogens with one attached hydrogen (secondary N) is 1. The molecule has 0 aromatic heterocycles. The van der Waals surface area contributed by atoms with Gasteiger partial charge in [-0.3, -0.25) is 4.79 Å². The summed E-state index contributed by atoms with van der Waals surface area (Å²) in [4.78, 5) is 12.4. The first kappa shape index (κ1) is 16.7. The topological polar surface area (TPSA) is 71.4 Å². The van der Waals surface area contributed by atoms with Crippen molar-refractivity contribution in [2.75, 3.05) is 6.79 Å².